The third-order valence-electron chi connectivity index (χ3n) is 2.39. The standard InChI is InChI=1S/C11H22N4O/c1-9(2)15-11(13-8-14-15)7-12-6-4-5-10(3)16/h8-10,12,16H,4-7H2,1-3H3. The van der Waals surface area contributed by atoms with E-state index in [1.54, 1.807) is 6.33 Å². The number of rotatable bonds is 7. The second-order valence-electron chi connectivity index (χ2n) is 4.38. The van der Waals surface area contributed by atoms with Crippen LogP contribution in [0.5, 0.6) is 0 Å². The predicted molar refractivity (Wildman–Crippen MR) is 63.0 cm³/mol. The van der Waals surface area contributed by atoms with Gasteiger partial charge in [-0.25, -0.2) is 9.67 Å². The van der Waals surface area contributed by atoms with Crippen molar-refractivity contribution >= 4 is 0 Å². The number of hydrogen-bond acceptors (Lipinski definition) is 4. The van der Waals surface area contributed by atoms with Crippen molar-refractivity contribution in [3.8, 4) is 0 Å². The van der Waals surface area contributed by atoms with E-state index in [1.165, 1.54) is 0 Å². The fraction of sp³-hybridized carbons (Fsp3) is 0.818. The van der Waals surface area contributed by atoms with Crippen LogP contribution in [0.4, 0.5) is 0 Å². The van der Waals surface area contributed by atoms with E-state index in [0.717, 1.165) is 31.8 Å². The number of aliphatic hydroxyl groups excluding tert-OH is 1. The van der Waals surface area contributed by atoms with Crippen LogP contribution < -0.4 is 5.32 Å². The second-order valence-corrected chi connectivity index (χ2v) is 4.38. The summed E-state index contributed by atoms with van der Waals surface area (Å²) in [5.74, 6) is 0.965. The number of nitrogens with one attached hydrogen (secondary N) is 1. The molecule has 92 valence electrons. The van der Waals surface area contributed by atoms with Crippen LogP contribution in [-0.2, 0) is 6.54 Å². The molecule has 5 heteroatoms. The monoisotopic (exact) mass is 226 g/mol. The maximum atomic E-state index is 9.10. The van der Waals surface area contributed by atoms with Gasteiger partial charge in [-0.05, 0) is 40.2 Å². The highest BCUT2D eigenvalue weighted by Crippen LogP contribution is 2.04. The van der Waals surface area contributed by atoms with Crippen molar-refractivity contribution in [2.75, 3.05) is 6.54 Å². The van der Waals surface area contributed by atoms with Crippen LogP contribution in [0.25, 0.3) is 0 Å². The summed E-state index contributed by atoms with van der Waals surface area (Å²) in [6.07, 6.45) is 3.20. The summed E-state index contributed by atoms with van der Waals surface area (Å²) in [5.41, 5.74) is 0. The molecule has 0 spiro atoms. The van der Waals surface area contributed by atoms with Crippen LogP contribution in [0.2, 0.25) is 0 Å². The van der Waals surface area contributed by atoms with Gasteiger partial charge in [0.05, 0.1) is 12.6 Å². The van der Waals surface area contributed by atoms with E-state index >= 15 is 0 Å². The van der Waals surface area contributed by atoms with E-state index < -0.39 is 0 Å². The molecule has 1 heterocycles. The molecule has 0 fully saturated rings. The molecule has 1 aromatic heterocycles. The van der Waals surface area contributed by atoms with Crippen molar-refractivity contribution in [2.24, 2.45) is 0 Å². The molecule has 0 aliphatic carbocycles. The Balaban J connectivity index is 2.24. The molecular formula is C11H22N4O. The first-order chi connectivity index (χ1) is 7.61. The minimum Gasteiger partial charge on any atom is -0.393 e. The largest absolute Gasteiger partial charge is 0.393 e. The highest BCUT2D eigenvalue weighted by Gasteiger charge is 2.06. The molecule has 0 saturated heterocycles. The Morgan fingerprint density at radius 1 is 1.44 bits per heavy atom. The lowest BCUT2D eigenvalue weighted by molar-refractivity contribution is 0.181. The van der Waals surface area contributed by atoms with Crippen molar-refractivity contribution < 1.29 is 5.11 Å². The quantitative estimate of drug-likeness (QED) is 0.684. The van der Waals surface area contributed by atoms with Crippen molar-refractivity contribution in [3.05, 3.63) is 12.2 Å². The van der Waals surface area contributed by atoms with Gasteiger partial charge in [-0.15, -0.1) is 0 Å². The van der Waals surface area contributed by atoms with E-state index in [-0.39, 0.29) is 6.10 Å². The molecule has 0 bridgehead atoms. The maximum Gasteiger partial charge on any atom is 0.141 e. The third kappa shape index (κ3) is 4.28. The van der Waals surface area contributed by atoms with E-state index in [9.17, 15) is 0 Å². The molecule has 0 aliphatic heterocycles. The molecule has 0 aliphatic rings. The first-order valence-electron chi connectivity index (χ1n) is 5.88. The summed E-state index contributed by atoms with van der Waals surface area (Å²) >= 11 is 0. The van der Waals surface area contributed by atoms with Crippen molar-refractivity contribution in [1.82, 2.24) is 20.1 Å². The molecule has 2 N–H and O–H groups in total. The fourth-order valence-electron chi connectivity index (χ4n) is 1.55. The first-order valence-corrected chi connectivity index (χ1v) is 5.88. The summed E-state index contributed by atoms with van der Waals surface area (Å²) < 4.78 is 1.92. The van der Waals surface area contributed by atoms with E-state index in [2.05, 4.69) is 29.2 Å². The second kappa shape index (κ2) is 6.60. The van der Waals surface area contributed by atoms with Crippen LogP contribution in [-0.4, -0.2) is 32.5 Å². The average Bonchev–Trinajstić information content (AvgIpc) is 2.65. The van der Waals surface area contributed by atoms with E-state index in [0.29, 0.717) is 6.04 Å². The molecular weight excluding hydrogens is 204 g/mol. The molecule has 1 aromatic rings. The summed E-state index contributed by atoms with van der Waals surface area (Å²) in [6, 6.07) is 0.344. The molecule has 0 radical (unpaired) electrons. The molecule has 5 nitrogen and oxygen atoms in total. The van der Waals surface area contributed by atoms with Crippen LogP contribution in [0.3, 0.4) is 0 Å². The van der Waals surface area contributed by atoms with Gasteiger partial charge in [0.1, 0.15) is 12.2 Å². The normalized spacial score (nSPS) is 13.3. The Labute approximate surface area is 96.9 Å². The van der Waals surface area contributed by atoms with Gasteiger partial charge in [0.25, 0.3) is 0 Å². The zero-order valence-electron chi connectivity index (χ0n) is 10.3. The van der Waals surface area contributed by atoms with Gasteiger partial charge in [0.2, 0.25) is 0 Å². The Kier molecular flexibility index (Phi) is 5.42. The highest BCUT2D eigenvalue weighted by molar-refractivity contribution is 4.85. The van der Waals surface area contributed by atoms with Gasteiger partial charge in [0, 0.05) is 6.04 Å². The molecule has 0 aromatic carbocycles. The predicted octanol–water partition coefficient (Wildman–Crippen LogP) is 1.11. The Bertz CT molecular complexity index is 296. The van der Waals surface area contributed by atoms with Gasteiger partial charge >= 0.3 is 0 Å². The van der Waals surface area contributed by atoms with Gasteiger partial charge in [0.15, 0.2) is 0 Å². The van der Waals surface area contributed by atoms with Gasteiger partial charge in [-0.1, -0.05) is 0 Å². The molecule has 0 amide bonds. The zero-order valence-corrected chi connectivity index (χ0v) is 10.3. The van der Waals surface area contributed by atoms with E-state index in [4.69, 9.17) is 5.11 Å². The van der Waals surface area contributed by atoms with Crippen LogP contribution in [0.1, 0.15) is 45.5 Å². The topological polar surface area (TPSA) is 63.0 Å². The molecule has 16 heavy (non-hydrogen) atoms. The number of nitrogens with zero attached hydrogens (tertiary/aromatic N) is 3. The van der Waals surface area contributed by atoms with Gasteiger partial charge in [-0.3, -0.25) is 0 Å². The summed E-state index contributed by atoms with van der Waals surface area (Å²) in [7, 11) is 0. The first kappa shape index (κ1) is 13.1. The number of aliphatic hydroxyl groups is 1. The van der Waals surface area contributed by atoms with Crippen molar-refractivity contribution in [2.45, 2.75) is 52.3 Å². The van der Waals surface area contributed by atoms with E-state index in [1.807, 2.05) is 11.6 Å². The third-order valence-corrected chi connectivity index (χ3v) is 2.39. The van der Waals surface area contributed by atoms with Gasteiger partial charge in [-0.2, -0.15) is 5.10 Å². The molecule has 1 unspecified atom stereocenters. The smallest absolute Gasteiger partial charge is 0.141 e. The van der Waals surface area contributed by atoms with Crippen LogP contribution >= 0.6 is 0 Å². The molecule has 1 atom stereocenters. The Morgan fingerprint density at radius 2 is 2.19 bits per heavy atom. The Hall–Kier alpha value is -0.940. The minimum absolute atomic E-state index is 0.207. The SMILES string of the molecule is CC(O)CCCNCc1ncnn1C(C)C. The molecule has 1 rings (SSSR count). The summed E-state index contributed by atoms with van der Waals surface area (Å²) in [6.45, 7) is 7.63. The Morgan fingerprint density at radius 3 is 2.81 bits per heavy atom. The zero-order chi connectivity index (χ0) is 12.0. The number of hydrogen-bond donors (Lipinski definition) is 2. The number of aromatic nitrogens is 3. The lowest BCUT2D eigenvalue weighted by Crippen LogP contribution is -2.20. The van der Waals surface area contributed by atoms with Crippen LogP contribution in [0, 0.1) is 0 Å². The molecule has 0 saturated carbocycles. The van der Waals surface area contributed by atoms with Crippen molar-refractivity contribution in [1.29, 1.82) is 0 Å². The summed E-state index contributed by atoms with van der Waals surface area (Å²) in [5, 5.41) is 16.6. The maximum absolute atomic E-state index is 9.10. The lowest BCUT2D eigenvalue weighted by Gasteiger charge is -2.10. The summed E-state index contributed by atoms with van der Waals surface area (Å²) in [4.78, 5) is 4.21. The van der Waals surface area contributed by atoms with Gasteiger partial charge < -0.3 is 10.4 Å². The van der Waals surface area contributed by atoms with Crippen LogP contribution in [0.15, 0.2) is 6.33 Å². The minimum atomic E-state index is -0.207. The fourth-order valence-corrected chi connectivity index (χ4v) is 1.55. The lowest BCUT2D eigenvalue weighted by atomic mass is 10.2. The highest BCUT2D eigenvalue weighted by atomic mass is 16.3. The van der Waals surface area contributed by atoms with Crippen molar-refractivity contribution in [3.63, 3.8) is 0 Å². The average molecular weight is 226 g/mol.